The van der Waals surface area contributed by atoms with E-state index in [9.17, 15) is 20.1 Å². The van der Waals surface area contributed by atoms with Crippen molar-refractivity contribution >= 4 is 11.9 Å². The minimum absolute atomic E-state index is 0.0903. The maximum Gasteiger partial charge on any atom is 0.178 e. The first-order valence-corrected chi connectivity index (χ1v) is 7.06. The minimum atomic E-state index is -1.30. The van der Waals surface area contributed by atoms with Crippen LogP contribution >= 0.6 is 0 Å². The molecule has 2 rings (SSSR count). The molecule has 1 unspecified atom stereocenters. The number of aliphatic hydroxyl groups is 3. The number of ketones is 1. The summed E-state index contributed by atoms with van der Waals surface area (Å²) in [6.45, 7) is 4.67. The Morgan fingerprint density at radius 1 is 1.23 bits per heavy atom. The second-order valence-electron chi connectivity index (χ2n) is 5.93. The van der Waals surface area contributed by atoms with E-state index in [0.29, 0.717) is 0 Å². The molecule has 0 radical (unpaired) electrons. The minimum Gasteiger partial charge on any atom is -0.511 e. The first-order valence-electron chi connectivity index (χ1n) is 7.06. The van der Waals surface area contributed by atoms with E-state index in [1.807, 2.05) is 30.3 Å². The molecule has 0 heterocycles. The highest BCUT2D eigenvalue weighted by molar-refractivity contribution is 6.04. The normalized spacial score (nSPS) is 24.0. The quantitative estimate of drug-likeness (QED) is 0.578. The zero-order valence-electron chi connectivity index (χ0n) is 12.9. The van der Waals surface area contributed by atoms with Gasteiger partial charge in [0.25, 0.3) is 0 Å². The van der Waals surface area contributed by atoms with E-state index in [-0.39, 0.29) is 22.7 Å². The van der Waals surface area contributed by atoms with Gasteiger partial charge in [0.05, 0.1) is 11.0 Å². The molecule has 22 heavy (non-hydrogen) atoms. The summed E-state index contributed by atoms with van der Waals surface area (Å²) in [6, 6.07) is 9.31. The van der Waals surface area contributed by atoms with Crippen molar-refractivity contribution in [3.05, 3.63) is 64.6 Å². The number of benzene rings is 1. The maximum atomic E-state index is 12.5. The topological polar surface area (TPSA) is 77.8 Å². The van der Waals surface area contributed by atoms with E-state index in [0.717, 1.165) is 5.56 Å². The third-order valence-corrected chi connectivity index (χ3v) is 3.97. The molecule has 0 saturated heterocycles. The molecule has 0 fully saturated rings. The fourth-order valence-corrected chi connectivity index (χ4v) is 2.49. The summed E-state index contributed by atoms with van der Waals surface area (Å²) >= 11 is 0. The standard InChI is InChI=1S/C18H20O4/c1-11-15(20)14(17(22)18(2,3)16(11)21)13(19)10-9-12-7-5-4-6-8-12/h4-10,15,19-21H,1-3H3/b10-9+,14-13?. The van der Waals surface area contributed by atoms with Crippen LogP contribution in [-0.4, -0.2) is 27.2 Å². The van der Waals surface area contributed by atoms with Gasteiger partial charge in [-0.25, -0.2) is 0 Å². The summed E-state index contributed by atoms with van der Waals surface area (Å²) in [7, 11) is 0. The SMILES string of the molecule is CC1=C(O)C(C)(C)C(=O)C(=C(O)/C=C/c2ccccc2)C1O. The second-order valence-corrected chi connectivity index (χ2v) is 5.93. The third kappa shape index (κ3) is 2.70. The highest BCUT2D eigenvalue weighted by atomic mass is 16.3. The molecule has 4 nitrogen and oxygen atoms in total. The van der Waals surface area contributed by atoms with Gasteiger partial charge < -0.3 is 15.3 Å². The Bertz CT molecular complexity index is 678. The van der Waals surface area contributed by atoms with Crippen LogP contribution in [0.2, 0.25) is 0 Å². The van der Waals surface area contributed by atoms with Crippen molar-refractivity contribution < 1.29 is 20.1 Å². The van der Waals surface area contributed by atoms with E-state index < -0.39 is 17.3 Å². The lowest BCUT2D eigenvalue weighted by Crippen LogP contribution is -2.40. The number of hydrogen-bond donors (Lipinski definition) is 3. The Labute approximate surface area is 129 Å². The number of rotatable bonds is 2. The van der Waals surface area contributed by atoms with Crippen molar-refractivity contribution in [3.8, 4) is 0 Å². The molecule has 0 aromatic heterocycles. The molecule has 0 spiro atoms. The highest BCUT2D eigenvalue weighted by Crippen LogP contribution is 2.39. The van der Waals surface area contributed by atoms with Crippen LogP contribution in [0, 0.1) is 5.41 Å². The fraction of sp³-hybridized carbons (Fsp3) is 0.278. The van der Waals surface area contributed by atoms with Crippen LogP contribution < -0.4 is 0 Å². The zero-order valence-corrected chi connectivity index (χ0v) is 12.9. The van der Waals surface area contributed by atoms with Gasteiger partial charge in [-0.15, -0.1) is 0 Å². The summed E-state index contributed by atoms with van der Waals surface area (Å²) in [5.41, 5.74) is -0.110. The summed E-state index contributed by atoms with van der Waals surface area (Å²) in [6.07, 6.45) is 1.74. The number of aliphatic hydroxyl groups excluding tert-OH is 3. The molecule has 1 aliphatic carbocycles. The number of allylic oxidation sites excluding steroid dienone is 2. The Hall–Kier alpha value is -2.33. The van der Waals surface area contributed by atoms with Gasteiger partial charge in [-0.2, -0.15) is 0 Å². The van der Waals surface area contributed by atoms with Gasteiger partial charge >= 0.3 is 0 Å². The summed E-state index contributed by atoms with van der Waals surface area (Å²) in [5, 5.41) is 30.4. The third-order valence-electron chi connectivity index (χ3n) is 3.97. The van der Waals surface area contributed by atoms with Gasteiger partial charge in [0.2, 0.25) is 0 Å². The van der Waals surface area contributed by atoms with Crippen LogP contribution in [0.25, 0.3) is 6.08 Å². The average Bonchev–Trinajstić information content (AvgIpc) is 2.51. The summed E-state index contributed by atoms with van der Waals surface area (Å²) in [5.74, 6) is -0.923. The van der Waals surface area contributed by atoms with Crippen LogP contribution in [0.5, 0.6) is 0 Å². The smallest absolute Gasteiger partial charge is 0.178 e. The predicted octanol–water partition coefficient (Wildman–Crippen LogP) is 3.31. The van der Waals surface area contributed by atoms with Crippen molar-refractivity contribution in [2.75, 3.05) is 0 Å². The van der Waals surface area contributed by atoms with Gasteiger partial charge in [-0.1, -0.05) is 36.4 Å². The number of hydrogen-bond acceptors (Lipinski definition) is 4. The Balaban J connectivity index is 2.45. The second kappa shape index (κ2) is 5.81. The first kappa shape index (κ1) is 16.0. The first-order chi connectivity index (χ1) is 10.3. The molecule has 3 N–H and O–H groups in total. The van der Waals surface area contributed by atoms with Gasteiger partial charge in [0, 0.05) is 0 Å². The van der Waals surface area contributed by atoms with Gasteiger partial charge in [0.1, 0.15) is 17.6 Å². The van der Waals surface area contributed by atoms with Crippen LogP contribution in [0.1, 0.15) is 26.3 Å². The van der Waals surface area contributed by atoms with E-state index in [1.54, 1.807) is 26.8 Å². The van der Waals surface area contributed by atoms with Crippen molar-refractivity contribution in [2.45, 2.75) is 26.9 Å². The highest BCUT2D eigenvalue weighted by Gasteiger charge is 2.44. The average molecular weight is 300 g/mol. The number of Topliss-reactive ketones (excluding diaryl/α,β-unsaturated/α-hetero) is 1. The molecule has 1 aromatic rings. The number of carbonyl (C=O) groups is 1. The molecule has 116 valence electrons. The predicted molar refractivity (Wildman–Crippen MR) is 85.3 cm³/mol. The van der Waals surface area contributed by atoms with Crippen molar-refractivity contribution in [1.29, 1.82) is 0 Å². The molecule has 4 heteroatoms. The molecule has 0 aliphatic heterocycles. The van der Waals surface area contributed by atoms with Crippen molar-refractivity contribution in [2.24, 2.45) is 5.41 Å². The molecule has 1 aliphatic rings. The van der Waals surface area contributed by atoms with Crippen LogP contribution in [0.3, 0.4) is 0 Å². The maximum absolute atomic E-state index is 12.5. The monoisotopic (exact) mass is 300 g/mol. The summed E-state index contributed by atoms with van der Waals surface area (Å²) in [4.78, 5) is 12.5. The molecule has 0 amide bonds. The fourth-order valence-electron chi connectivity index (χ4n) is 2.49. The lowest BCUT2D eigenvalue weighted by atomic mass is 9.72. The van der Waals surface area contributed by atoms with Gasteiger partial charge in [-0.3, -0.25) is 4.79 Å². The largest absolute Gasteiger partial charge is 0.511 e. The van der Waals surface area contributed by atoms with Gasteiger partial charge in [-0.05, 0) is 38.0 Å². The van der Waals surface area contributed by atoms with Crippen LogP contribution in [-0.2, 0) is 4.79 Å². The lowest BCUT2D eigenvalue weighted by Gasteiger charge is -2.33. The zero-order chi connectivity index (χ0) is 16.5. The Kier molecular flexibility index (Phi) is 4.24. The van der Waals surface area contributed by atoms with Crippen molar-refractivity contribution in [1.82, 2.24) is 0 Å². The van der Waals surface area contributed by atoms with E-state index >= 15 is 0 Å². The molecule has 1 aromatic carbocycles. The van der Waals surface area contributed by atoms with E-state index in [4.69, 9.17) is 0 Å². The molecule has 1 atom stereocenters. The molecule has 0 bridgehead atoms. The van der Waals surface area contributed by atoms with Crippen LogP contribution in [0.4, 0.5) is 0 Å². The van der Waals surface area contributed by atoms with E-state index in [2.05, 4.69) is 0 Å². The van der Waals surface area contributed by atoms with Crippen molar-refractivity contribution in [3.63, 3.8) is 0 Å². The van der Waals surface area contributed by atoms with E-state index in [1.165, 1.54) is 6.08 Å². The molecular formula is C18H20O4. The summed E-state index contributed by atoms with van der Waals surface area (Å²) < 4.78 is 0. The Morgan fingerprint density at radius 2 is 1.82 bits per heavy atom. The molecular weight excluding hydrogens is 280 g/mol. The lowest BCUT2D eigenvalue weighted by molar-refractivity contribution is -0.124. The van der Waals surface area contributed by atoms with Gasteiger partial charge in [0.15, 0.2) is 5.78 Å². The number of carbonyl (C=O) groups excluding carboxylic acids is 1. The molecule has 0 saturated carbocycles. The van der Waals surface area contributed by atoms with Crippen LogP contribution in [0.15, 0.2) is 59.1 Å². The Morgan fingerprint density at radius 3 is 2.41 bits per heavy atom.